The summed E-state index contributed by atoms with van der Waals surface area (Å²) in [7, 11) is 2.22. The molecule has 0 unspecified atom stereocenters. The molecule has 0 bridgehead atoms. The molecule has 7 nitrogen and oxygen atoms in total. The number of amides is 1. The Kier molecular flexibility index (Phi) is 11.5. The fourth-order valence-electron chi connectivity index (χ4n) is 4.37. The van der Waals surface area contributed by atoms with Gasteiger partial charge in [-0.2, -0.15) is 0 Å². The predicted molar refractivity (Wildman–Crippen MR) is 121 cm³/mol. The van der Waals surface area contributed by atoms with Crippen LogP contribution in [-0.2, 0) is 0 Å². The van der Waals surface area contributed by atoms with Crippen LogP contribution >= 0.6 is 24.8 Å². The monoisotopic (exact) mass is 448 g/mol. The van der Waals surface area contributed by atoms with Crippen molar-refractivity contribution < 1.29 is 4.79 Å². The van der Waals surface area contributed by atoms with Gasteiger partial charge in [-0.3, -0.25) is 4.79 Å². The molecule has 0 radical (unpaired) electrons. The number of halogens is 2. The molecule has 9 heteroatoms. The fourth-order valence-corrected chi connectivity index (χ4v) is 4.37. The Morgan fingerprint density at radius 2 is 1.83 bits per heavy atom. The molecule has 3 heterocycles. The lowest BCUT2D eigenvalue weighted by atomic mass is 9.96. The third-order valence-corrected chi connectivity index (χ3v) is 6.15. The van der Waals surface area contributed by atoms with E-state index < -0.39 is 0 Å². The zero-order valence-electron chi connectivity index (χ0n) is 18.1. The van der Waals surface area contributed by atoms with Gasteiger partial charge in [0.2, 0.25) is 0 Å². The Morgan fingerprint density at radius 1 is 1.17 bits per heavy atom. The van der Waals surface area contributed by atoms with Crippen LogP contribution in [0.15, 0.2) is 0 Å². The van der Waals surface area contributed by atoms with Crippen molar-refractivity contribution >= 4 is 30.7 Å². The Hall–Kier alpha value is -0.890. The molecule has 1 amide bonds. The minimum atomic E-state index is 0. The van der Waals surface area contributed by atoms with Crippen LogP contribution in [0.3, 0.4) is 0 Å². The number of hydrogen-bond donors (Lipinski definition) is 1. The first-order valence-electron chi connectivity index (χ1n) is 10.7. The summed E-state index contributed by atoms with van der Waals surface area (Å²) in [6.45, 7) is 10.2. The highest BCUT2D eigenvalue weighted by Crippen LogP contribution is 2.23. The van der Waals surface area contributed by atoms with Gasteiger partial charge in [-0.15, -0.1) is 29.9 Å². The van der Waals surface area contributed by atoms with E-state index in [1.807, 2.05) is 16.5 Å². The van der Waals surface area contributed by atoms with E-state index in [0.29, 0.717) is 17.7 Å². The second-order valence-electron chi connectivity index (χ2n) is 8.30. The van der Waals surface area contributed by atoms with E-state index in [1.165, 1.54) is 19.4 Å². The van der Waals surface area contributed by atoms with Crippen LogP contribution in [0.5, 0.6) is 0 Å². The summed E-state index contributed by atoms with van der Waals surface area (Å²) >= 11 is 0. The van der Waals surface area contributed by atoms with Crippen LogP contribution in [0.25, 0.3) is 0 Å². The molecule has 0 aliphatic carbocycles. The number of carbonyl (C=O) groups is 1. The summed E-state index contributed by atoms with van der Waals surface area (Å²) in [6.07, 6.45) is 6.78. The van der Waals surface area contributed by atoms with Crippen molar-refractivity contribution in [2.45, 2.75) is 58.4 Å². The molecule has 1 aromatic heterocycles. The third-order valence-electron chi connectivity index (χ3n) is 6.15. The zero-order chi connectivity index (χ0) is 19.2. The van der Waals surface area contributed by atoms with E-state index in [-0.39, 0.29) is 30.7 Å². The molecule has 2 fully saturated rings. The van der Waals surface area contributed by atoms with Gasteiger partial charge in [-0.1, -0.05) is 18.6 Å². The second-order valence-corrected chi connectivity index (χ2v) is 8.30. The number of carbonyl (C=O) groups excluding carboxylic acids is 1. The number of piperidine rings is 2. The van der Waals surface area contributed by atoms with Crippen LogP contribution in [0.4, 0.5) is 0 Å². The number of hydrogen-bond acceptors (Lipinski definition) is 5. The lowest BCUT2D eigenvalue weighted by Gasteiger charge is -2.33. The highest BCUT2D eigenvalue weighted by Gasteiger charge is 2.29. The smallest absolute Gasteiger partial charge is 0.276 e. The van der Waals surface area contributed by atoms with E-state index in [2.05, 4.69) is 34.5 Å². The molecule has 1 aromatic rings. The van der Waals surface area contributed by atoms with Crippen molar-refractivity contribution in [2.24, 2.45) is 5.92 Å². The quantitative estimate of drug-likeness (QED) is 0.694. The Morgan fingerprint density at radius 3 is 2.45 bits per heavy atom. The van der Waals surface area contributed by atoms with Gasteiger partial charge in [0.1, 0.15) is 0 Å². The van der Waals surface area contributed by atoms with Gasteiger partial charge in [-0.25, -0.2) is 4.68 Å². The largest absolute Gasteiger partial charge is 0.337 e. The molecule has 2 saturated heterocycles. The molecule has 0 saturated carbocycles. The maximum Gasteiger partial charge on any atom is 0.276 e. The first-order valence-corrected chi connectivity index (χ1v) is 10.7. The molecule has 0 atom stereocenters. The molecule has 2 aliphatic heterocycles. The van der Waals surface area contributed by atoms with Crippen LogP contribution in [0.1, 0.15) is 67.7 Å². The van der Waals surface area contributed by atoms with Gasteiger partial charge in [-0.05, 0) is 71.6 Å². The highest BCUT2D eigenvalue weighted by atomic mass is 35.5. The Bertz CT molecular complexity index is 612. The van der Waals surface area contributed by atoms with Crippen molar-refractivity contribution in [3.63, 3.8) is 0 Å². The minimum absolute atomic E-state index is 0. The molecule has 2 aliphatic rings. The average Bonchev–Trinajstić information content (AvgIpc) is 3.08. The first-order chi connectivity index (χ1) is 13.1. The normalized spacial score (nSPS) is 18.4. The highest BCUT2D eigenvalue weighted by molar-refractivity contribution is 5.93. The Labute approximate surface area is 187 Å². The maximum absolute atomic E-state index is 13.0. The molecule has 0 aromatic carbocycles. The van der Waals surface area contributed by atoms with Gasteiger partial charge in [0.15, 0.2) is 5.69 Å². The zero-order valence-corrected chi connectivity index (χ0v) is 19.7. The lowest BCUT2D eigenvalue weighted by molar-refractivity contribution is 0.0666. The van der Waals surface area contributed by atoms with Gasteiger partial charge < -0.3 is 15.1 Å². The van der Waals surface area contributed by atoms with Crippen molar-refractivity contribution in [3.8, 4) is 0 Å². The maximum atomic E-state index is 13.0. The summed E-state index contributed by atoms with van der Waals surface area (Å²) in [5, 5.41) is 12.0. The van der Waals surface area contributed by atoms with Crippen molar-refractivity contribution in [1.29, 1.82) is 0 Å². The topological polar surface area (TPSA) is 66.3 Å². The number of rotatable bonds is 7. The van der Waals surface area contributed by atoms with Gasteiger partial charge in [0, 0.05) is 19.6 Å². The third kappa shape index (κ3) is 6.81. The van der Waals surface area contributed by atoms with E-state index in [4.69, 9.17) is 0 Å². The molecule has 3 rings (SSSR count). The predicted octanol–water partition coefficient (Wildman–Crippen LogP) is 2.94. The van der Waals surface area contributed by atoms with Crippen LogP contribution in [0, 0.1) is 12.8 Å². The molecular formula is C20H38Cl2N6O. The van der Waals surface area contributed by atoms with E-state index in [0.717, 1.165) is 64.1 Å². The summed E-state index contributed by atoms with van der Waals surface area (Å²) in [4.78, 5) is 17.4. The molecule has 1 N–H and O–H groups in total. The van der Waals surface area contributed by atoms with E-state index in [9.17, 15) is 4.79 Å². The lowest BCUT2D eigenvalue weighted by Crippen LogP contribution is -2.41. The number of aromatic nitrogens is 3. The van der Waals surface area contributed by atoms with Gasteiger partial charge in [0.05, 0.1) is 11.7 Å². The van der Waals surface area contributed by atoms with Crippen LogP contribution < -0.4 is 5.32 Å². The summed E-state index contributed by atoms with van der Waals surface area (Å²) < 4.78 is 1.98. The first kappa shape index (κ1) is 26.1. The molecular weight excluding hydrogens is 411 g/mol. The standard InChI is InChI=1S/C20H36N6O.2ClH/c1-4-5-12-24(3)15-17-8-13-25(14-9-17)20(27)19-16(2)26(23-22-19)18-6-10-21-11-7-18;;/h17-18,21H,4-15H2,1-3H3;2*1H. The van der Waals surface area contributed by atoms with Crippen molar-refractivity contribution in [2.75, 3.05) is 46.3 Å². The minimum Gasteiger partial charge on any atom is -0.337 e. The summed E-state index contributed by atoms with van der Waals surface area (Å²) in [5.41, 5.74) is 1.47. The second kappa shape index (κ2) is 12.7. The summed E-state index contributed by atoms with van der Waals surface area (Å²) in [6, 6.07) is 0.365. The molecule has 0 spiro atoms. The number of nitrogens with zero attached hydrogens (tertiary/aromatic N) is 5. The molecule has 29 heavy (non-hydrogen) atoms. The van der Waals surface area contributed by atoms with Crippen LogP contribution in [-0.4, -0.2) is 77.0 Å². The summed E-state index contributed by atoms with van der Waals surface area (Å²) in [5.74, 6) is 0.757. The van der Waals surface area contributed by atoms with Crippen LogP contribution in [0.2, 0.25) is 0 Å². The van der Waals surface area contributed by atoms with Gasteiger partial charge >= 0.3 is 0 Å². The number of nitrogens with one attached hydrogen (secondary N) is 1. The SMILES string of the molecule is CCCCN(C)CC1CCN(C(=O)c2nnn(C3CCNCC3)c2C)CC1.Cl.Cl. The fraction of sp³-hybridized carbons (Fsp3) is 0.850. The molecule has 168 valence electrons. The van der Waals surface area contributed by atoms with E-state index >= 15 is 0 Å². The van der Waals surface area contributed by atoms with Crippen molar-refractivity contribution in [1.82, 2.24) is 30.1 Å². The number of likely N-dealkylation sites (tertiary alicyclic amines) is 1. The van der Waals surface area contributed by atoms with E-state index in [1.54, 1.807) is 0 Å². The average molecular weight is 449 g/mol. The van der Waals surface area contributed by atoms with Gasteiger partial charge in [0.25, 0.3) is 5.91 Å². The van der Waals surface area contributed by atoms with Crippen molar-refractivity contribution in [3.05, 3.63) is 11.4 Å². The Balaban J connectivity index is 0.00000210. The number of unbranched alkanes of at least 4 members (excludes halogenated alkanes) is 1.